The highest BCUT2D eigenvalue weighted by molar-refractivity contribution is 5.95. The fourth-order valence-electron chi connectivity index (χ4n) is 6.81. The number of fused-ring (bicyclic) bond motifs is 2. The van der Waals surface area contributed by atoms with E-state index in [9.17, 15) is 14.3 Å². The maximum absolute atomic E-state index is 14.1. The summed E-state index contributed by atoms with van der Waals surface area (Å²) in [7, 11) is 1.60. The van der Waals surface area contributed by atoms with E-state index in [2.05, 4.69) is 20.9 Å². The third kappa shape index (κ3) is 4.16. The highest BCUT2D eigenvalue weighted by atomic mass is 19.1. The van der Waals surface area contributed by atoms with Crippen molar-refractivity contribution in [3.8, 4) is 16.9 Å². The highest BCUT2D eigenvalue weighted by Gasteiger charge is 2.42. The molecule has 0 bridgehead atoms. The third-order valence-corrected chi connectivity index (χ3v) is 8.54. The molecule has 4 heterocycles. The fraction of sp³-hybridized carbons (Fsp3) is 0.500. The Labute approximate surface area is 210 Å². The van der Waals surface area contributed by atoms with Crippen molar-refractivity contribution in [3.05, 3.63) is 48.0 Å². The van der Waals surface area contributed by atoms with E-state index < -0.39 is 0 Å². The van der Waals surface area contributed by atoms with Gasteiger partial charge >= 0.3 is 0 Å². The Balaban J connectivity index is 1.16. The molecule has 7 nitrogen and oxygen atoms in total. The van der Waals surface area contributed by atoms with Gasteiger partial charge in [-0.25, -0.2) is 9.37 Å². The molecule has 6 rings (SSSR count). The number of methoxy groups -OCH3 is 1. The molecule has 2 aromatic heterocycles. The number of aliphatic hydroxyl groups is 1. The van der Waals surface area contributed by atoms with Gasteiger partial charge in [0.2, 0.25) is 5.91 Å². The molecule has 1 saturated carbocycles. The first-order valence-corrected chi connectivity index (χ1v) is 13.0. The summed E-state index contributed by atoms with van der Waals surface area (Å²) in [4.78, 5) is 25.1. The van der Waals surface area contributed by atoms with Crippen LogP contribution in [0.1, 0.15) is 37.3 Å². The largest absolute Gasteiger partial charge is 0.496 e. The maximum atomic E-state index is 14.1. The molecule has 0 radical (unpaired) electrons. The number of H-pyrrole nitrogens is 1. The highest BCUT2D eigenvalue weighted by Crippen LogP contribution is 2.47. The average Bonchev–Trinajstić information content (AvgIpc) is 3.65. The van der Waals surface area contributed by atoms with Crippen molar-refractivity contribution in [2.75, 3.05) is 39.9 Å². The van der Waals surface area contributed by atoms with Crippen molar-refractivity contribution in [2.24, 2.45) is 11.8 Å². The molecule has 190 valence electrons. The standard InChI is InChI=1S/C28H33FN4O3/c1-36-26-5-4-20(29)11-23(26)22-6-7-30-28-24(22)12-25(31-28)17-9-18-13-32(14-19(18)10-17)15-27(35)33-8-2-3-21(33)16-34/h4-7,11-12,17-19,21,34H,2-3,8-10,13-16H2,1H3,(H,30,31)/t17-,18+,19-,21-/m0/s1. The van der Waals surface area contributed by atoms with Crippen LogP contribution in [0.25, 0.3) is 22.2 Å². The molecule has 0 spiro atoms. The van der Waals surface area contributed by atoms with E-state index >= 15 is 0 Å². The van der Waals surface area contributed by atoms with Gasteiger partial charge in [-0.05, 0) is 79.3 Å². The van der Waals surface area contributed by atoms with E-state index in [-0.39, 0.29) is 24.4 Å². The lowest BCUT2D eigenvalue weighted by atomic mass is 9.99. The number of hydrogen-bond acceptors (Lipinski definition) is 5. The van der Waals surface area contributed by atoms with Crippen molar-refractivity contribution in [1.29, 1.82) is 0 Å². The number of likely N-dealkylation sites (tertiary alicyclic amines) is 2. The fourth-order valence-corrected chi connectivity index (χ4v) is 6.81. The molecule has 4 atom stereocenters. The molecule has 2 aliphatic heterocycles. The predicted molar refractivity (Wildman–Crippen MR) is 135 cm³/mol. The molecule has 1 aliphatic carbocycles. The first-order valence-electron chi connectivity index (χ1n) is 13.0. The molecule has 3 fully saturated rings. The lowest BCUT2D eigenvalue weighted by Gasteiger charge is -2.26. The molecular formula is C28H33FN4O3. The zero-order valence-corrected chi connectivity index (χ0v) is 20.6. The minimum absolute atomic E-state index is 0.00292. The second-order valence-corrected chi connectivity index (χ2v) is 10.6. The van der Waals surface area contributed by atoms with Crippen molar-refractivity contribution in [2.45, 2.75) is 37.6 Å². The van der Waals surface area contributed by atoms with Crippen LogP contribution < -0.4 is 4.74 Å². The van der Waals surface area contributed by atoms with Crippen LogP contribution in [0, 0.1) is 17.7 Å². The van der Waals surface area contributed by atoms with Crippen molar-refractivity contribution >= 4 is 16.9 Å². The lowest BCUT2D eigenvalue weighted by molar-refractivity contribution is -0.133. The Morgan fingerprint density at radius 1 is 1.19 bits per heavy atom. The molecule has 36 heavy (non-hydrogen) atoms. The Bertz CT molecular complexity index is 1260. The first kappa shape index (κ1) is 23.4. The van der Waals surface area contributed by atoms with Crippen molar-refractivity contribution < 1.29 is 19.0 Å². The molecule has 1 amide bonds. The van der Waals surface area contributed by atoms with E-state index in [4.69, 9.17) is 4.74 Å². The van der Waals surface area contributed by atoms with Gasteiger partial charge in [0.05, 0.1) is 26.3 Å². The van der Waals surface area contributed by atoms with Gasteiger partial charge in [0.1, 0.15) is 17.2 Å². The predicted octanol–water partition coefficient (Wildman–Crippen LogP) is 3.79. The molecule has 3 aromatic rings. The summed E-state index contributed by atoms with van der Waals surface area (Å²) in [6.45, 7) is 3.20. The molecule has 3 aliphatic rings. The van der Waals surface area contributed by atoms with E-state index in [1.165, 1.54) is 17.8 Å². The Hall–Kier alpha value is -2.97. The summed E-state index contributed by atoms with van der Waals surface area (Å²) < 4.78 is 19.6. The Morgan fingerprint density at radius 3 is 2.75 bits per heavy atom. The second kappa shape index (κ2) is 9.48. The van der Waals surface area contributed by atoms with E-state index in [1.807, 2.05) is 11.0 Å². The number of benzene rings is 1. The summed E-state index contributed by atoms with van der Waals surface area (Å²) in [5, 5.41) is 10.5. The molecule has 0 unspecified atom stereocenters. The molecule has 1 aromatic carbocycles. The number of halogens is 1. The number of carbonyl (C=O) groups is 1. The smallest absolute Gasteiger partial charge is 0.237 e. The van der Waals surface area contributed by atoms with Crippen LogP contribution in [0.15, 0.2) is 36.5 Å². The zero-order chi connectivity index (χ0) is 24.8. The maximum Gasteiger partial charge on any atom is 0.237 e. The van der Waals surface area contributed by atoms with Gasteiger partial charge in [0.15, 0.2) is 0 Å². The number of rotatable bonds is 6. The number of aromatic amines is 1. The van der Waals surface area contributed by atoms with E-state index in [0.29, 0.717) is 30.0 Å². The topological polar surface area (TPSA) is 81.7 Å². The van der Waals surface area contributed by atoms with Crippen molar-refractivity contribution in [3.63, 3.8) is 0 Å². The van der Waals surface area contributed by atoms with Gasteiger partial charge in [-0.3, -0.25) is 9.69 Å². The van der Waals surface area contributed by atoms with Crippen LogP contribution in [0.4, 0.5) is 4.39 Å². The summed E-state index contributed by atoms with van der Waals surface area (Å²) in [6.07, 6.45) is 5.81. The third-order valence-electron chi connectivity index (χ3n) is 8.54. The molecule has 8 heteroatoms. The lowest BCUT2D eigenvalue weighted by Crippen LogP contribution is -2.43. The van der Waals surface area contributed by atoms with Crippen LogP contribution in [-0.2, 0) is 4.79 Å². The Morgan fingerprint density at radius 2 is 2.00 bits per heavy atom. The second-order valence-electron chi connectivity index (χ2n) is 10.6. The zero-order valence-electron chi connectivity index (χ0n) is 20.6. The number of carbonyl (C=O) groups excluding carboxylic acids is 1. The first-order chi connectivity index (χ1) is 17.5. The van der Waals surface area contributed by atoms with Gasteiger partial charge in [0.25, 0.3) is 0 Å². The quantitative estimate of drug-likeness (QED) is 0.547. The van der Waals surface area contributed by atoms with E-state index in [0.717, 1.165) is 67.5 Å². The summed E-state index contributed by atoms with van der Waals surface area (Å²) >= 11 is 0. The normalized spacial score (nSPS) is 26.1. The monoisotopic (exact) mass is 492 g/mol. The van der Waals surface area contributed by atoms with Gasteiger partial charge in [0, 0.05) is 42.5 Å². The number of amides is 1. The number of nitrogens with one attached hydrogen (secondary N) is 1. The number of ether oxygens (including phenoxy) is 1. The minimum atomic E-state index is -0.296. The molecular weight excluding hydrogens is 459 g/mol. The van der Waals surface area contributed by atoms with Crippen LogP contribution in [0.2, 0.25) is 0 Å². The summed E-state index contributed by atoms with van der Waals surface area (Å²) in [6, 6.07) is 8.67. The number of hydrogen-bond donors (Lipinski definition) is 2. The molecule has 2 N–H and O–H groups in total. The number of pyridine rings is 1. The van der Waals surface area contributed by atoms with E-state index in [1.54, 1.807) is 19.4 Å². The number of aliphatic hydroxyl groups excluding tert-OH is 1. The van der Waals surface area contributed by atoms with Gasteiger partial charge in [-0.15, -0.1) is 0 Å². The minimum Gasteiger partial charge on any atom is -0.496 e. The Kier molecular flexibility index (Phi) is 6.17. The average molecular weight is 493 g/mol. The molecule has 2 saturated heterocycles. The van der Waals surface area contributed by atoms with Gasteiger partial charge in [-0.1, -0.05) is 0 Å². The van der Waals surface area contributed by atoms with Gasteiger partial charge in [-0.2, -0.15) is 0 Å². The number of aromatic nitrogens is 2. The van der Waals surface area contributed by atoms with Crippen LogP contribution in [0.5, 0.6) is 5.75 Å². The van der Waals surface area contributed by atoms with Crippen molar-refractivity contribution in [1.82, 2.24) is 19.8 Å². The van der Waals surface area contributed by atoms with Crippen LogP contribution >= 0.6 is 0 Å². The van der Waals surface area contributed by atoms with Crippen LogP contribution in [0.3, 0.4) is 0 Å². The number of nitrogens with zero attached hydrogens (tertiary/aromatic N) is 3. The summed E-state index contributed by atoms with van der Waals surface area (Å²) in [5.74, 6) is 2.08. The summed E-state index contributed by atoms with van der Waals surface area (Å²) in [5.41, 5.74) is 3.62. The van der Waals surface area contributed by atoms with Crippen LogP contribution in [-0.4, -0.2) is 76.7 Å². The van der Waals surface area contributed by atoms with Gasteiger partial charge < -0.3 is 19.7 Å². The SMILES string of the molecule is COc1ccc(F)cc1-c1ccnc2[nH]c([C@H]3C[C@@H]4CN(CC(=O)N5CCC[C@H]5CO)C[C@@H]4C3)cc12.